The van der Waals surface area contributed by atoms with Crippen molar-refractivity contribution in [2.24, 2.45) is 7.05 Å². The molecule has 1 N–H and O–H groups in total. The van der Waals surface area contributed by atoms with Crippen LogP contribution in [-0.2, 0) is 7.05 Å². The Morgan fingerprint density at radius 3 is 2.88 bits per heavy atom. The van der Waals surface area contributed by atoms with Gasteiger partial charge in [-0.05, 0) is 19.4 Å². The number of hydrogen-bond donors (Lipinski definition) is 1. The van der Waals surface area contributed by atoms with Gasteiger partial charge in [0.05, 0.1) is 5.69 Å². The third kappa shape index (κ3) is 2.36. The standard InChI is InChI=1S/C11H16N4O2/c1-4-5-9(16)10-12-11(17-14-10)8-6-7(2)13-15(8)3/h6,9,16H,4-5H2,1-3H3. The van der Waals surface area contributed by atoms with Crippen LogP contribution in [0.2, 0.25) is 0 Å². The summed E-state index contributed by atoms with van der Waals surface area (Å²) in [5.74, 6) is 0.721. The molecule has 92 valence electrons. The zero-order valence-corrected chi connectivity index (χ0v) is 10.2. The Hall–Kier alpha value is -1.69. The second kappa shape index (κ2) is 4.67. The lowest BCUT2D eigenvalue weighted by molar-refractivity contribution is 0.153. The number of aromatic nitrogens is 4. The van der Waals surface area contributed by atoms with Gasteiger partial charge in [0.2, 0.25) is 5.82 Å². The lowest BCUT2D eigenvalue weighted by Gasteiger charge is -2.01. The van der Waals surface area contributed by atoms with E-state index in [0.29, 0.717) is 18.1 Å². The summed E-state index contributed by atoms with van der Waals surface area (Å²) in [4.78, 5) is 4.18. The van der Waals surface area contributed by atoms with Gasteiger partial charge in [-0.2, -0.15) is 10.1 Å². The van der Waals surface area contributed by atoms with Crippen LogP contribution in [0.15, 0.2) is 10.6 Å². The van der Waals surface area contributed by atoms with E-state index in [1.807, 2.05) is 27.0 Å². The van der Waals surface area contributed by atoms with E-state index in [1.165, 1.54) is 0 Å². The van der Waals surface area contributed by atoms with Crippen molar-refractivity contribution in [1.82, 2.24) is 19.9 Å². The van der Waals surface area contributed by atoms with E-state index in [-0.39, 0.29) is 0 Å². The van der Waals surface area contributed by atoms with Crippen LogP contribution in [-0.4, -0.2) is 25.0 Å². The number of nitrogens with zero attached hydrogens (tertiary/aromatic N) is 4. The average molecular weight is 236 g/mol. The highest BCUT2D eigenvalue weighted by Crippen LogP contribution is 2.21. The van der Waals surface area contributed by atoms with Crippen LogP contribution in [0.3, 0.4) is 0 Å². The quantitative estimate of drug-likeness (QED) is 0.872. The van der Waals surface area contributed by atoms with Gasteiger partial charge in [0.25, 0.3) is 5.89 Å². The molecule has 1 unspecified atom stereocenters. The second-order valence-corrected chi connectivity index (χ2v) is 4.06. The smallest absolute Gasteiger partial charge is 0.276 e. The topological polar surface area (TPSA) is 77.0 Å². The van der Waals surface area contributed by atoms with E-state index in [4.69, 9.17) is 4.52 Å². The molecule has 0 saturated heterocycles. The first-order valence-electron chi connectivity index (χ1n) is 5.64. The normalized spacial score (nSPS) is 12.9. The number of aryl methyl sites for hydroxylation is 2. The molecule has 2 aromatic rings. The Labute approximate surface area is 99.3 Å². The van der Waals surface area contributed by atoms with Gasteiger partial charge in [-0.15, -0.1) is 0 Å². The maximum atomic E-state index is 9.75. The predicted octanol–water partition coefficient (Wildman–Crippen LogP) is 1.61. The zero-order chi connectivity index (χ0) is 12.4. The van der Waals surface area contributed by atoms with Crippen molar-refractivity contribution in [2.45, 2.75) is 32.8 Å². The molecule has 0 radical (unpaired) electrons. The van der Waals surface area contributed by atoms with E-state index in [0.717, 1.165) is 17.8 Å². The Balaban J connectivity index is 2.26. The summed E-state index contributed by atoms with van der Waals surface area (Å²) in [7, 11) is 1.81. The molecule has 2 aromatic heterocycles. The Morgan fingerprint density at radius 1 is 1.53 bits per heavy atom. The van der Waals surface area contributed by atoms with Gasteiger partial charge in [0, 0.05) is 7.05 Å². The Kier molecular flexibility index (Phi) is 3.23. The molecule has 0 aromatic carbocycles. The molecular weight excluding hydrogens is 220 g/mol. The van der Waals surface area contributed by atoms with Gasteiger partial charge in [-0.25, -0.2) is 0 Å². The van der Waals surface area contributed by atoms with Crippen molar-refractivity contribution < 1.29 is 9.63 Å². The molecule has 2 heterocycles. The third-order valence-corrected chi connectivity index (χ3v) is 2.52. The third-order valence-electron chi connectivity index (χ3n) is 2.52. The van der Waals surface area contributed by atoms with E-state index in [2.05, 4.69) is 15.2 Å². The van der Waals surface area contributed by atoms with Crippen LogP contribution in [0, 0.1) is 6.92 Å². The predicted molar refractivity (Wildman–Crippen MR) is 61.1 cm³/mol. The maximum Gasteiger partial charge on any atom is 0.276 e. The molecule has 0 saturated carbocycles. The van der Waals surface area contributed by atoms with Crippen molar-refractivity contribution in [3.8, 4) is 11.6 Å². The minimum Gasteiger partial charge on any atom is -0.385 e. The van der Waals surface area contributed by atoms with Crippen molar-refractivity contribution in [3.05, 3.63) is 17.6 Å². The first kappa shape index (κ1) is 11.8. The summed E-state index contributed by atoms with van der Waals surface area (Å²) in [6.45, 7) is 3.89. The fourth-order valence-corrected chi connectivity index (χ4v) is 1.69. The lowest BCUT2D eigenvalue weighted by atomic mass is 10.2. The van der Waals surface area contributed by atoms with Crippen molar-refractivity contribution in [1.29, 1.82) is 0 Å². The second-order valence-electron chi connectivity index (χ2n) is 4.06. The highest BCUT2D eigenvalue weighted by molar-refractivity contribution is 5.47. The summed E-state index contributed by atoms with van der Waals surface area (Å²) in [6.07, 6.45) is 0.839. The van der Waals surface area contributed by atoms with E-state index < -0.39 is 6.10 Å². The van der Waals surface area contributed by atoms with Crippen molar-refractivity contribution >= 4 is 0 Å². The SMILES string of the molecule is CCCC(O)c1noc(-c2cc(C)nn2C)n1. The molecule has 1 atom stereocenters. The molecule has 17 heavy (non-hydrogen) atoms. The first-order valence-corrected chi connectivity index (χ1v) is 5.64. The molecule has 6 nitrogen and oxygen atoms in total. The van der Waals surface area contributed by atoms with Gasteiger partial charge in [-0.3, -0.25) is 4.68 Å². The van der Waals surface area contributed by atoms with E-state index in [9.17, 15) is 5.11 Å². The highest BCUT2D eigenvalue weighted by atomic mass is 16.5. The Bertz CT molecular complexity index is 503. The molecule has 0 aliphatic heterocycles. The maximum absolute atomic E-state index is 9.75. The minimum atomic E-state index is -0.660. The zero-order valence-electron chi connectivity index (χ0n) is 10.2. The summed E-state index contributed by atoms with van der Waals surface area (Å²) >= 11 is 0. The van der Waals surface area contributed by atoms with Crippen LogP contribution in [0.5, 0.6) is 0 Å². The molecule has 6 heteroatoms. The summed E-state index contributed by atoms with van der Waals surface area (Å²) in [5, 5.41) is 17.7. The molecule has 2 rings (SSSR count). The van der Waals surface area contributed by atoms with E-state index >= 15 is 0 Å². The van der Waals surface area contributed by atoms with Crippen LogP contribution in [0.1, 0.15) is 37.4 Å². The van der Waals surface area contributed by atoms with Crippen LogP contribution >= 0.6 is 0 Å². The Morgan fingerprint density at radius 2 is 2.29 bits per heavy atom. The molecule has 0 aliphatic carbocycles. The van der Waals surface area contributed by atoms with Gasteiger partial charge in [0.1, 0.15) is 11.8 Å². The summed E-state index contributed by atoms with van der Waals surface area (Å²) < 4.78 is 6.81. The monoisotopic (exact) mass is 236 g/mol. The van der Waals surface area contributed by atoms with Gasteiger partial charge < -0.3 is 9.63 Å². The largest absolute Gasteiger partial charge is 0.385 e. The number of aliphatic hydroxyl groups excluding tert-OH is 1. The van der Waals surface area contributed by atoms with Gasteiger partial charge >= 0.3 is 0 Å². The molecule has 0 spiro atoms. The highest BCUT2D eigenvalue weighted by Gasteiger charge is 2.17. The molecule has 0 fully saturated rings. The van der Waals surface area contributed by atoms with Crippen LogP contribution < -0.4 is 0 Å². The fourth-order valence-electron chi connectivity index (χ4n) is 1.69. The van der Waals surface area contributed by atoms with Gasteiger partial charge in [0.15, 0.2) is 0 Å². The van der Waals surface area contributed by atoms with Crippen molar-refractivity contribution in [2.75, 3.05) is 0 Å². The number of rotatable bonds is 4. The van der Waals surface area contributed by atoms with Crippen molar-refractivity contribution in [3.63, 3.8) is 0 Å². The van der Waals surface area contributed by atoms with Crippen LogP contribution in [0.4, 0.5) is 0 Å². The lowest BCUT2D eigenvalue weighted by Crippen LogP contribution is -1.99. The summed E-state index contributed by atoms with van der Waals surface area (Å²) in [5.41, 5.74) is 1.64. The number of aliphatic hydroxyl groups is 1. The summed E-state index contributed by atoms with van der Waals surface area (Å²) in [6, 6.07) is 1.86. The van der Waals surface area contributed by atoms with Gasteiger partial charge in [-0.1, -0.05) is 18.5 Å². The molecule has 0 bridgehead atoms. The molecular formula is C11H16N4O2. The van der Waals surface area contributed by atoms with Crippen LogP contribution in [0.25, 0.3) is 11.6 Å². The fraction of sp³-hybridized carbons (Fsp3) is 0.545. The average Bonchev–Trinajstić information content (AvgIpc) is 2.85. The minimum absolute atomic E-state index is 0.334. The molecule has 0 aliphatic rings. The van der Waals surface area contributed by atoms with E-state index in [1.54, 1.807) is 4.68 Å². The first-order chi connectivity index (χ1) is 8.11. The number of hydrogen-bond acceptors (Lipinski definition) is 5. The molecule has 0 amide bonds.